The Hall–Kier alpha value is -0.960. The van der Waals surface area contributed by atoms with Crippen LogP contribution in [-0.4, -0.2) is 36.1 Å². The number of hydrogen-bond donors (Lipinski definition) is 0. The van der Waals surface area contributed by atoms with E-state index >= 15 is 0 Å². The van der Waals surface area contributed by atoms with Gasteiger partial charge in [0.15, 0.2) is 0 Å². The molecule has 2 fully saturated rings. The smallest absolute Gasteiger partial charge is 0.143 e. The standard InChI is InChI=1S/C13H19NO2/c1-2-5-14-6-3-4-10-8-13(16)11(9-15)7-12(10)14/h2,9-12H,1,3-8H2. The first-order chi connectivity index (χ1) is 7.76. The van der Waals surface area contributed by atoms with Crippen LogP contribution in [0.15, 0.2) is 12.7 Å². The maximum Gasteiger partial charge on any atom is 0.143 e. The number of nitrogens with zero attached hydrogens (tertiary/aromatic N) is 1. The molecule has 16 heavy (non-hydrogen) atoms. The van der Waals surface area contributed by atoms with E-state index in [1.807, 2.05) is 6.08 Å². The average Bonchev–Trinajstić information content (AvgIpc) is 2.29. The summed E-state index contributed by atoms with van der Waals surface area (Å²) in [6.45, 7) is 5.72. The fourth-order valence-electron chi connectivity index (χ4n) is 3.12. The van der Waals surface area contributed by atoms with E-state index in [0.717, 1.165) is 38.6 Å². The zero-order valence-electron chi connectivity index (χ0n) is 9.60. The number of hydrogen-bond acceptors (Lipinski definition) is 3. The Morgan fingerprint density at radius 3 is 3.00 bits per heavy atom. The van der Waals surface area contributed by atoms with E-state index in [4.69, 9.17) is 0 Å². The molecule has 3 unspecified atom stereocenters. The zero-order chi connectivity index (χ0) is 11.5. The summed E-state index contributed by atoms with van der Waals surface area (Å²) < 4.78 is 0. The molecule has 1 saturated heterocycles. The van der Waals surface area contributed by atoms with Gasteiger partial charge in [-0.1, -0.05) is 6.08 Å². The summed E-state index contributed by atoms with van der Waals surface area (Å²) in [5.74, 6) is 0.265. The van der Waals surface area contributed by atoms with Crippen LogP contribution in [0.25, 0.3) is 0 Å². The predicted octanol–water partition coefficient (Wildman–Crippen LogP) is 1.43. The topological polar surface area (TPSA) is 37.4 Å². The fraction of sp³-hybridized carbons (Fsp3) is 0.692. The van der Waals surface area contributed by atoms with Crippen molar-refractivity contribution in [2.75, 3.05) is 13.1 Å². The van der Waals surface area contributed by atoms with Gasteiger partial charge in [-0.3, -0.25) is 9.69 Å². The second-order valence-corrected chi connectivity index (χ2v) is 4.90. The molecule has 0 aromatic heterocycles. The highest BCUT2D eigenvalue weighted by molar-refractivity contribution is 5.94. The predicted molar refractivity (Wildman–Crippen MR) is 62.1 cm³/mol. The molecule has 0 radical (unpaired) electrons. The van der Waals surface area contributed by atoms with E-state index in [-0.39, 0.29) is 11.7 Å². The maximum atomic E-state index is 11.7. The molecule has 0 bridgehead atoms. The van der Waals surface area contributed by atoms with Crippen molar-refractivity contribution in [3.8, 4) is 0 Å². The van der Waals surface area contributed by atoms with Crippen molar-refractivity contribution in [1.82, 2.24) is 4.90 Å². The Kier molecular flexibility index (Phi) is 3.54. The van der Waals surface area contributed by atoms with Crippen molar-refractivity contribution in [3.05, 3.63) is 12.7 Å². The number of carbonyl (C=O) groups is 2. The van der Waals surface area contributed by atoms with Gasteiger partial charge in [0.05, 0.1) is 5.92 Å². The first-order valence-electron chi connectivity index (χ1n) is 6.09. The lowest BCUT2D eigenvalue weighted by Gasteiger charge is -2.44. The highest BCUT2D eigenvalue weighted by Crippen LogP contribution is 2.35. The number of rotatable bonds is 3. The van der Waals surface area contributed by atoms with Crippen molar-refractivity contribution in [2.45, 2.75) is 31.7 Å². The van der Waals surface area contributed by atoms with Gasteiger partial charge in [0.1, 0.15) is 12.1 Å². The zero-order valence-corrected chi connectivity index (χ0v) is 9.60. The highest BCUT2D eigenvalue weighted by Gasteiger charge is 2.40. The van der Waals surface area contributed by atoms with Crippen molar-refractivity contribution in [1.29, 1.82) is 0 Å². The van der Waals surface area contributed by atoms with Crippen LogP contribution in [0.2, 0.25) is 0 Å². The maximum absolute atomic E-state index is 11.7. The Balaban J connectivity index is 2.09. The molecule has 3 heteroatoms. The fourth-order valence-corrected chi connectivity index (χ4v) is 3.12. The third-order valence-electron chi connectivity index (χ3n) is 3.93. The number of likely N-dealkylation sites (tertiary alicyclic amines) is 1. The minimum atomic E-state index is -0.355. The van der Waals surface area contributed by atoms with Gasteiger partial charge >= 0.3 is 0 Å². The Labute approximate surface area is 96.5 Å². The van der Waals surface area contributed by atoms with Crippen LogP contribution in [-0.2, 0) is 9.59 Å². The van der Waals surface area contributed by atoms with Crippen molar-refractivity contribution < 1.29 is 9.59 Å². The molecule has 0 amide bonds. The SMILES string of the molecule is C=CCN1CCCC2CC(=O)C(C=O)CC21. The lowest BCUT2D eigenvalue weighted by Crippen LogP contribution is -2.50. The van der Waals surface area contributed by atoms with Crippen molar-refractivity contribution in [2.24, 2.45) is 11.8 Å². The van der Waals surface area contributed by atoms with Crippen molar-refractivity contribution in [3.63, 3.8) is 0 Å². The molecular weight excluding hydrogens is 202 g/mol. The first kappa shape index (κ1) is 11.5. The van der Waals surface area contributed by atoms with E-state index in [1.165, 1.54) is 0 Å². The third kappa shape index (κ3) is 2.09. The van der Waals surface area contributed by atoms with E-state index < -0.39 is 0 Å². The van der Waals surface area contributed by atoms with Gasteiger partial charge in [-0.15, -0.1) is 6.58 Å². The third-order valence-corrected chi connectivity index (χ3v) is 3.93. The lowest BCUT2D eigenvalue weighted by molar-refractivity contribution is -0.133. The summed E-state index contributed by atoms with van der Waals surface area (Å²) in [7, 11) is 0. The summed E-state index contributed by atoms with van der Waals surface area (Å²) in [6.07, 6.45) is 6.36. The Morgan fingerprint density at radius 1 is 1.50 bits per heavy atom. The average molecular weight is 221 g/mol. The van der Waals surface area contributed by atoms with Gasteiger partial charge in [-0.25, -0.2) is 0 Å². The summed E-state index contributed by atoms with van der Waals surface area (Å²) in [5.41, 5.74) is 0. The molecule has 1 aliphatic carbocycles. The number of ketones is 1. The molecule has 88 valence electrons. The van der Waals surface area contributed by atoms with Crippen LogP contribution in [0.4, 0.5) is 0 Å². The molecule has 1 aliphatic heterocycles. The molecule has 0 spiro atoms. The molecule has 0 N–H and O–H groups in total. The summed E-state index contributed by atoms with van der Waals surface area (Å²) in [4.78, 5) is 24.9. The number of carbonyl (C=O) groups excluding carboxylic acids is 2. The number of piperidine rings is 1. The minimum absolute atomic E-state index is 0.150. The molecule has 3 atom stereocenters. The molecule has 0 aromatic carbocycles. The minimum Gasteiger partial charge on any atom is -0.303 e. The Bertz CT molecular complexity index is 294. The van der Waals surface area contributed by atoms with E-state index in [9.17, 15) is 9.59 Å². The van der Waals surface area contributed by atoms with Crippen LogP contribution >= 0.6 is 0 Å². The molecule has 3 nitrogen and oxygen atoms in total. The number of fused-ring (bicyclic) bond motifs is 1. The molecule has 2 rings (SSSR count). The van der Waals surface area contributed by atoms with Gasteiger partial charge < -0.3 is 4.79 Å². The van der Waals surface area contributed by atoms with E-state index in [0.29, 0.717) is 18.4 Å². The van der Waals surface area contributed by atoms with Crippen LogP contribution in [0.5, 0.6) is 0 Å². The van der Waals surface area contributed by atoms with Crippen LogP contribution < -0.4 is 0 Å². The number of aldehydes is 1. The highest BCUT2D eigenvalue weighted by atomic mass is 16.1. The molecule has 0 aromatic rings. The number of Topliss-reactive ketones (excluding diaryl/α,β-unsaturated/α-hetero) is 1. The largest absolute Gasteiger partial charge is 0.303 e. The van der Waals surface area contributed by atoms with Gasteiger partial charge in [-0.2, -0.15) is 0 Å². The molecule has 1 saturated carbocycles. The quantitative estimate of drug-likeness (QED) is 0.411. The van der Waals surface area contributed by atoms with Gasteiger partial charge in [-0.05, 0) is 31.7 Å². The van der Waals surface area contributed by atoms with Gasteiger partial charge in [0.2, 0.25) is 0 Å². The second-order valence-electron chi connectivity index (χ2n) is 4.90. The van der Waals surface area contributed by atoms with Crippen molar-refractivity contribution >= 4 is 12.1 Å². The van der Waals surface area contributed by atoms with Crippen LogP contribution in [0, 0.1) is 11.8 Å². The molecule has 2 aliphatic rings. The first-order valence-corrected chi connectivity index (χ1v) is 6.09. The summed E-state index contributed by atoms with van der Waals surface area (Å²) in [5, 5.41) is 0. The normalized spacial score (nSPS) is 35.5. The van der Waals surface area contributed by atoms with Gasteiger partial charge in [0, 0.05) is 19.0 Å². The van der Waals surface area contributed by atoms with E-state index in [1.54, 1.807) is 0 Å². The van der Waals surface area contributed by atoms with Crippen LogP contribution in [0.1, 0.15) is 25.7 Å². The summed E-state index contributed by atoms with van der Waals surface area (Å²) >= 11 is 0. The Morgan fingerprint density at radius 2 is 2.31 bits per heavy atom. The monoisotopic (exact) mass is 221 g/mol. The second kappa shape index (κ2) is 4.91. The van der Waals surface area contributed by atoms with Gasteiger partial charge in [0.25, 0.3) is 0 Å². The molecular formula is C13H19NO2. The lowest BCUT2D eigenvalue weighted by atomic mass is 9.73. The summed E-state index contributed by atoms with van der Waals surface area (Å²) in [6, 6.07) is 0.416. The van der Waals surface area contributed by atoms with E-state index in [2.05, 4.69) is 11.5 Å². The molecule has 1 heterocycles. The van der Waals surface area contributed by atoms with Crippen LogP contribution in [0.3, 0.4) is 0 Å².